The van der Waals surface area contributed by atoms with Crippen molar-refractivity contribution >= 4 is 11.6 Å². The zero-order chi connectivity index (χ0) is 18.0. The molecule has 0 aliphatic carbocycles. The molecule has 7 heteroatoms. The van der Waals surface area contributed by atoms with Gasteiger partial charge in [0.2, 0.25) is 0 Å². The minimum absolute atomic E-state index is 0.0234. The Morgan fingerprint density at radius 3 is 2.84 bits per heavy atom. The van der Waals surface area contributed by atoms with E-state index in [4.69, 9.17) is 0 Å². The van der Waals surface area contributed by atoms with Gasteiger partial charge >= 0.3 is 0 Å². The molecule has 1 saturated heterocycles. The van der Waals surface area contributed by atoms with E-state index in [1.807, 2.05) is 6.92 Å². The lowest BCUT2D eigenvalue weighted by Gasteiger charge is -2.35. The average Bonchev–Trinajstić information content (AvgIpc) is 2.57. The molecule has 2 heterocycles. The smallest absolute Gasteiger partial charge is 0.272 e. The SMILES string of the molecule is Cc1cc(F)ccc1N1CCC[C@@H](NC(=O)c2ccc(=O)n(C)n2)C1. The summed E-state index contributed by atoms with van der Waals surface area (Å²) < 4.78 is 14.4. The van der Waals surface area contributed by atoms with Crippen LogP contribution in [-0.2, 0) is 7.05 Å². The van der Waals surface area contributed by atoms with Crippen LogP contribution in [0.4, 0.5) is 10.1 Å². The summed E-state index contributed by atoms with van der Waals surface area (Å²) in [6.07, 6.45) is 1.80. The predicted octanol–water partition coefficient (Wildman–Crippen LogP) is 1.63. The topological polar surface area (TPSA) is 67.2 Å². The van der Waals surface area contributed by atoms with Crippen LogP contribution in [0.15, 0.2) is 35.1 Å². The highest BCUT2D eigenvalue weighted by molar-refractivity contribution is 5.92. The number of nitrogens with one attached hydrogen (secondary N) is 1. The molecule has 25 heavy (non-hydrogen) atoms. The second-order valence-electron chi connectivity index (χ2n) is 6.37. The molecule has 0 saturated carbocycles. The lowest BCUT2D eigenvalue weighted by Crippen LogP contribution is -2.48. The van der Waals surface area contributed by atoms with Crippen molar-refractivity contribution in [3.63, 3.8) is 0 Å². The number of benzene rings is 1. The minimum Gasteiger partial charge on any atom is -0.369 e. The van der Waals surface area contributed by atoms with Crippen molar-refractivity contribution in [1.29, 1.82) is 0 Å². The number of carbonyl (C=O) groups excluding carboxylic acids is 1. The number of rotatable bonds is 3. The summed E-state index contributed by atoms with van der Waals surface area (Å²) in [5.41, 5.74) is 1.83. The Kier molecular flexibility index (Phi) is 4.83. The van der Waals surface area contributed by atoms with Gasteiger partial charge in [-0.15, -0.1) is 0 Å². The van der Waals surface area contributed by atoms with Crippen molar-refractivity contribution in [1.82, 2.24) is 15.1 Å². The van der Waals surface area contributed by atoms with Crippen molar-refractivity contribution in [2.24, 2.45) is 7.05 Å². The number of amides is 1. The molecule has 3 rings (SSSR count). The fourth-order valence-corrected chi connectivity index (χ4v) is 3.17. The number of carbonyl (C=O) groups is 1. The van der Waals surface area contributed by atoms with Gasteiger partial charge in [-0.3, -0.25) is 9.59 Å². The standard InChI is InChI=1S/C18H21FN4O2/c1-12-10-13(19)5-7-16(12)23-9-3-4-14(11-23)20-18(25)15-6-8-17(24)22(2)21-15/h5-8,10,14H,3-4,9,11H2,1-2H3,(H,20,25)/t14-/m1/s1. The molecule has 0 bridgehead atoms. The summed E-state index contributed by atoms with van der Waals surface area (Å²) in [6, 6.07) is 7.50. The van der Waals surface area contributed by atoms with Gasteiger partial charge < -0.3 is 10.2 Å². The molecule has 1 aromatic heterocycles. The molecule has 6 nitrogen and oxygen atoms in total. The van der Waals surface area contributed by atoms with E-state index in [1.54, 1.807) is 6.07 Å². The maximum absolute atomic E-state index is 13.3. The first kappa shape index (κ1) is 17.1. The Hall–Kier alpha value is -2.70. The Bertz CT molecular complexity index is 849. The molecule has 1 aliphatic rings. The van der Waals surface area contributed by atoms with E-state index in [9.17, 15) is 14.0 Å². The molecule has 1 N–H and O–H groups in total. The van der Waals surface area contributed by atoms with Crippen LogP contribution in [0.3, 0.4) is 0 Å². The fourth-order valence-electron chi connectivity index (χ4n) is 3.17. The van der Waals surface area contributed by atoms with Crippen LogP contribution in [-0.4, -0.2) is 34.8 Å². The van der Waals surface area contributed by atoms with Crippen LogP contribution in [0.1, 0.15) is 28.9 Å². The summed E-state index contributed by atoms with van der Waals surface area (Å²) >= 11 is 0. The van der Waals surface area contributed by atoms with E-state index in [-0.39, 0.29) is 29.0 Å². The van der Waals surface area contributed by atoms with Crippen LogP contribution in [0.2, 0.25) is 0 Å². The van der Waals surface area contributed by atoms with Gasteiger partial charge in [0.15, 0.2) is 0 Å². The summed E-state index contributed by atoms with van der Waals surface area (Å²) in [5.74, 6) is -0.540. The zero-order valence-electron chi connectivity index (χ0n) is 14.3. The van der Waals surface area contributed by atoms with Gasteiger partial charge in [0.25, 0.3) is 11.5 Å². The van der Waals surface area contributed by atoms with Crippen LogP contribution >= 0.6 is 0 Å². The number of hydrogen-bond acceptors (Lipinski definition) is 4. The molecular formula is C18H21FN4O2. The van der Waals surface area contributed by atoms with Crippen LogP contribution < -0.4 is 15.8 Å². The lowest BCUT2D eigenvalue weighted by atomic mass is 10.0. The molecule has 0 unspecified atom stereocenters. The quantitative estimate of drug-likeness (QED) is 0.919. The third-order valence-electron chi connectivity index (χ3n) is 4.45. The van der Waals surface area contributed by atoms with Gasteiger partial charge in [-0.1, -0.05) is 0 Å². The highest BCUT2D eigenvalue weighted by Crippen LogP contribution is 2.24. The van der Waals surface area contributed by atoms with Gasteiger partial charge in [0.05, 0.1) is 0 Å². The lowest BCUT2D eigenvalue weighted by molar-refractivity contribution is 0.0925. The van der Waals surface area contributed by atoms with Crippen LogP contribution in [0.5, 0.6) is 0 Å². The first-order chi connectivity index (χ1) is 11.9. The summed E-state index contributed by atoms with van der Waals surface area (Å²) in [4.78, 5) is 25.9. The van der Waals surface area contributed by atoms with Crippen molar-refractivity contribution in [3.05, 3.63) is 57.8 Å². The zero-order valence-corrected chi connectivity index (χ0v) is 14.3. The predicted molar refractivity (Wildman–Crippen MR) is 93.3 cm³/mol. The molecule has 1 aromatic carbocycles. The molecular weight excluding hydrogens is 323 g/mol. The summed E-state index contributed by atoms with van der Waals surface area (Å²) in [5, 5.41) is 6.96. The average molecular weight is 344 g/mol. The highest BCUT2D eigenvalue weighted by atomic mass is 19.1. The molecule has 0 radical (unpaired) electrons. The molecule has 0 spiro atoms. The van der Waals surface area contributed by atoms with Crippen molar-refractivity contribution in [3.8, 4) is 0 Å². The Balaban J connectivity index is 1.70. The molecule has 132 valence electrons. The first-order valence-corrected chi connectivity index (χ1v) is 8.30. The normalized spacial score (nSPS) is 17.4. The van der Waals surface area contributed by atoms with Gasteiger partial charge in [-0.05, 0) is 49.6 Å². The van der Waals surface area contributed by atoms with E-state index in [1.165, 1.54) is 31.3 Å². The number of piperidine rings is 1. The third kappa shape index (κ3) is 3.87. The molecule has 2 aromatic rings. The summed E-state index contributed by atoms with van der Waals surface area (Å²) in [6.45, 7) is 3.41. The van der Waals surface area contributed by atoms with Gasteiger partial charge in [0.1, 0.15) is 11.5 Å². The molecule has 1 aliphatic heterocycles. The van der Waals surface area contributed by atoms with Crippen LogP contribution in [0.25, 0.3) is 0 Å². The van der Waals surface area contributed by atoms with E-state index >= 15 is 0 Å². The second-order valence-corrected chi connectivity index (χ2v) is 6.37. The number of nitrogens with zero attached hydrogens (tertiary/aromatic N) is 3. The van der Waals surface area contributed by atoms with Gasteiger partial charge in [-0.25, -0.2) is 9.07 Å². The van der Waals surface area contributed by atoms with Gasteiger partial charge in [-0.2, -0.15) is 5.10 Å². The Morgan fingerprint density at radius 2 is 2.12 bits per heavy atom. The van der Waals surface area contributed by atoms with E-state index in [2.05, 4.69) is 15.3 Å². The Morgan fingerprint density at radius 1 is 1.32 bits per heavy atom. The number of aryl methyl sites for hydroxylation is 2. The maximum Gasteiger partial charge on any atom is 0.272 e. The first-order valence-electron chi connectivity index (χ1n) is 8.30. The Labute approximate surface area is 145 Å². The molecule has 1 atom stereocenters. The van der Waals surface area contributed by atoms with Crippen molar-refractivity contribution in [2.75, 3.05) is 18.0 Å². The largest absolute Gasteiger partial charge is 0.369 e. The van der Waals surface area contributed by atoms with E-state index < -0.39 is 0 Å². The van der Waals surface area contributed by atoms with Gasteiger partial charge in [0, 0.05) is 37.9 Å². The second kappa shape index (κ2) is 7.04. The highest BCUT2D eigenvalue weighted by Gasteiger charge is 2.23. The van der Waals surface area contributed by atoms with Crippen molar-refractivity contribution < 1.29 is 9.18 Å². The minimum atomic E-state index is -0.293. The van der Waals surface area contributed by atoms with Crippen LogP contribution in [0, 0.1) is 12.7 Å². The summed E-state index contributed by atoms with van der Waals surface area (Å²) in [7, 11) is 1.51. The fraction of sp³-hybridized carbons (Fsp3) is 0.389. The van der Waals surface area contributed by atoms with E-state index in [0.29, 0.717) is 6.54 Å². The molecule has 1 amide bonds. The van der Waals surface area contributed by atoms with E-state index in [0.717, 1.165) is 35.3 Å². The number of anilines is 1. The monoisotopic (exact) mass is 344 g/mol. The maximum atomic E-state index is 13.3. The number of hydrogen-bond donors (Lipinski definition) is 1. The van der Waals surface area contributed by atoms with Crippen molar-refractivity contribution in [2.45, 2.75) is 25.8 Å². The molecule has 1 fully saturated rings. The number of halogens is 1. The third-order valence-corrected chi connectivity index (χ3v) is 4.45. The number of aromatic nitrogens is 2.